The summed E-state index contributed by atoms with van der Waals surface area (Å²) < 4.78 is 26.6. The fourth-order valence-electron chi connectivity index (χ4n) is 6.09. The topological polar surface area (TPSA) is 141 Å². The first-order valence-electron chi connectivity index (χ1n) is 15.1. The maximum atomic E-state index is 12.2. The minimum Gasteiger partial charge on any atom is -0.482 e. The molecule has 0 radical (unpaired) electrons. The van der Waals surface area contributed by atoms with E-state index in [1.807, 2.05) is 12.1 Å². The van der Waals surface area contributed by atoms with Crippen LogP contribution in [0, 0.1) is 17.8 Å². The Bertz CT molecular complexity index is 922. The molecule has 1 fully saturated rings. The van der Waals surface area contributed by atoms with Gasteiger partial charge in [0.05, 0.1) is 45.2 Å². The lowest BCUT2D eigenvalue weighted by Crippen LogP contribution is -2.28. The molecule has 1 aromatic rings. The monoisotopic (exact) mass is 580 g/mol. The second kappa shape index (κ2) is 18.3. The van der Waals surface area contributed by atoms with E-state index in [4.69, 9.17) is 28.8 Å². The number of carboxylic acid groups (broad SMARTS) is 1. The summed E-state index contributed by atoms with van der Waals surface area (Å²) in [6.07, 6.45) is 7.63. The number of unbranched alkanes of at least 4 members (excludes halogenated alkanes) is 2. The molecule has 0 unspecified atom stereocenters. The van der Waals surface area contributed by atoms with Gasteiger partial charge >= 0.3 is 11.9 Å². The number of carbonyl (C=O) groups is 2. The maximum Gasteiger partial charge on any atom is 0.344 e. The van der Waals surface area contributed by atoms with Crippen LogP contribution in [-0.4, -0.2) is 92.3 Å². The zero-order valence-corrected chi connectivity index (χ0v) is 24.3. The molecular weight excluding hydrogens is 532 g/mol. The van der Waals surface area contributed by atoms with Crippen LogP contribution in [0.15, 0.2) is 18.2 Å². The van der Waals surface area contributed by atoms with Gasteiger partial charge in [-0.15, -0.1) is 0 Å². The Morgan fingerprint density at radius 2 is 1.68 bits per heavy atom. The van der Waals surface area contributed by atoms with E-state index in [0.717, 1.165) is 63.4 Å². The summed E-state index contributed by atoms with van der Waals surface area (Å²) in [4.78, 5) is 22.5. The normalized spacial score (nSPS) is 22.1. The van der Waals surface area contributed by atoms with Crippen LogP contribution in [0.1, 0.15) is 63.0 Å². The van der Waals surface area contributed by atoms with Gasteiger partial charge in [-0.05, 0) is 73.5 Å². The standard InChI is InChI=1S/C31H48O10/c1-2-3-4-7-24(32)9-10-25-26-17-22-6-5-8-29(27(22)18-23(26)19-28(25)33)41-21-31(36)40-16-15-38-12-11-37-13-14-39-20-30(34)35/h5-6,8,23-26,28,32-33H,2-4,7,9-21H2,1H3,(H,34,35)/t23-,24-,25+,26-,28+/m0/s1. The van der Waals surface area contributed by atoms with Gasteiger partial charge in [0.1, 0.15) is 19.0 Å². The van der Waals surface area contributed by atoms with Crippen molar-refractivity contribution in [1.29, 1.82) is 0 Å². The molecule has 0 aliphatic heterocycles. The fourth-order valence-corrected chi connectivity index (χ4v) is 6.09. The molecule has 3 rings (SSSR count). The van der Waals surface area contributed by atoms with Crippen LogP contribution in [-0.2, 0) is 41.4 Å². The van der Waals surface area contributed by atoms with E-state index in [0.29, 0.717) is 30.8 Å². The van der Waals surface area contributed by atoms with Crippen LogP contribution < -0.4 is 4.74 Å². The van der Waals surface area contributed by atoms with E-state index in [2.05, 4.69) is 13.0 Å². The number of esters is 1. The van der Waals surface area contributed by atoms with Crippen molar-refractivity contribution in [3.63, 3.8) is 0 Å². The van der Waals surface area contributed by atoms with Gasteiger partial charge in [0.15, 0.2) is 6.61 Å². The van der Waals surface area contributed by atoms with E-state index < -0.39 is 11.9 Å². The van der Waals surface area contributed by atoms with Crippen LogP contribution in [0.3, 0.4) is 0 Å². The van der Waals surface area contributed by atoms with E-state index in [1.165, 1.54) is 5.56 Å². The predicted octanol–water partition coefficient (Wildman–Crippen LogP) is 3.18. The zero-order valence-electron chi connectivity index (χ0n) is 24.3. The number of carboxylic acids is 1. The second-order valence-corrected chi connectivity index (χ2v) is 11.1. The molecule has 232 valence electrons. The van der Waals surface area contributed by atoms with Crippen molar-refractivity contribution in [2.45, 2.75) is 76.9 Å². The molecule has 5 atom stereocenters. The van der Waals surface area contributed by atoms with Crippen LogP contribution in [0.25, 0.3) is 0 Å². The number of fused-ring (bicyclic) bond motifs is 2. The molecule has 1 aromatic carbocycles. The van der Waals surface area contributed by atoms with Crippen LogP contribution in [0.2, 0.25) is 0 Å². The van der Waals surface area contributed by atoms with Gasteiger partial charge in [-0.3, -0.25) is 0 Å². The SMILES string of the molecule is CCCCC[C@H](O)CC[C@@H]1[C@H]2Cc3cccc(OCC(=O)OCCOCCOCCOCC(=O)O)c3C[C@H]2C[C@H]1O. The summed E-state index contributed by atoms with van der Waals surface area (Å²) in [5.41, 5.74) is 2.33. The first kappa shape index (κ1) is 33.3. The molecule has 0 saturated heterocycles. The number of aliphatic hydroxyl groups excluding tert-OH is 2. The second-order valence-electron chi connectivity index (χ2n) is 11.1. The van der Waals surface area contributed by atoms with Crippen molar-refractivity contribution in [3.8, 4) is 5.75 Å². The van der Waals surface area contributed by atoms with Gasteiger partial charge in [-0.2, -0.15) is 0 Å². The van der Waals surface area contributed by atoms with Crippen molar-refractivity contribution in [2.75, 3.05) is 52.9 Å². The number of carbonyl (C=O) groups excluding carboxylic acids is 1. The third-order valence-electron chi connectivity index (χ3n) is 8.13. The molecule has 10 heteroatoms. The first-order chi connectivity index (χ1) is 19.9. The van der Waals surface area contributed by atoms with Gasteiger partial charge in [-0.25, -0.2) is 9.59 Å². The van der Waals surface area contributed by atoms with E-state index in [1.54, 1.807) is 0 Å². The molecule has 10 nitrogen and oxygen atoms in total. The van der Waals surface area contributed by atoms with Crippen molar-refractivity contribution in [1.82, 2.24) is 0 Å². The summed E-state index contributed by atoms with van der Waals surface area (Å²) >= 11 is 0. The predicted molar refractivity (Wildman–Crippen MR) is 151 cm³/mol. The van der Waals surface area contributed by atoms with Crippen LogP contribution >= 0.6 is 0 Å². The highest BCUT2D eigenvalue weighted by atomic mass is 16.6. The lowest BCUT2D eigenvalue weighted by Gasteiger charge is -2.32. The Morgan fingerprint density at radius 3 is 2.41 bits per heavy atom. The lowest BCUT2D eigenvalue weighted by atomic mass is 9.73. The minimum atomic E-state index is -1.02. The van der Waals surface area contributed by atoms with Gasteiger partial charge < -0.3 is 39.0 Å². The molecule has 0 heterocycles. The minimum absolute atomic E-state index is 0.104. The number of aliphatic hydroxyl groups is 2. The smallest absolute Gasteiger partial charge is 0.344 e. The number of hydrogen-bond acceptors (Lipinski definition) is 9. The molecule has 1 saturated carbocycles. The highest BCUT2D eigenvalue weighted by molar-refractivity contribution is 5.71. The fraction of sp³-hybridized carbons (Fsp3) is 0.742. The molecule has 0 aromatic heterocycles. The first-order valence-corrected chi connectivity index (χ1v) is 15.1. The van der Waals surface area contributed by atoms with E-state index in [-0.39, 0.29) is 57.8 Å². The Labute approximate surface area is 243 Å². The molecule has 0 bridgehead atoms. The summed E-state index contributed by atoms with van der Waals surface area (Å²) in [7, 11) is 0. The summed E-state index contributed by atoms with van der Waals surface area (Å²) in [5, 5.41) is 29.7. The molecule has 0 amide bonds. The van der Waals surface area contributed by atoms with E-state index >= 15 is 0 Å². The number of rotatable bonds is 21. The number of benzene rings is 1. The average Bonchev–Trinajstić information content (AvgIpc) is 3.25. The molecule has 41 heavy (non-hydrogen) atoms. The Morgan fingerprint density at radius 1 is 0.951 bits per heavy atom. The summed E-state index contributed by atoms with van der Waals surface area (Å²) in [6, 6.07) is 5.95. The Hall–Kier alpha value is -2.24. The Kier molecular flexibility index (Phi) is 14.9. The van der Waals surface area contributed by atoms with Crippen molar-refractivity contribution in [3.05, 3.63) is 29.3 Å². The molecular formula is C31H48O10. The molecule has 2 aliphatic rings. The number of aliphatic carboxylic acids is 1. The number of hydrogen-bond donors (Lipinski definition) is 3. The third kappa shape index (κ3) is 11.5. The molecule has 0 spiro atoms. The Balaban J connectivity index is 1.34. The van der Waals surface area contributed by atoms with Gasteiger partial charge in [0.25, 0.3) is 0 Å². The zero-order chi connectivity index (χ0) is 29.5. The van der Waals surface area contributed by atoms with Gasteiger partial charge in [0.2, 0.25) is 0 Å². The highest BCUT2D eigenvalue weighted by Gasteiger charge is 2.44. The largest absolute Gasteiger partial charge is 0.482 e. The summed E-state index contributed by atoms with van der Waals surface area (Å²) in [6.45, 7) is 3.08. The lowest BCUT2D eigenvalue weighted by molar-refractivity contribution is -0.147. The van der Waals surface area contributed by atoms with Crippen LogP contribution in [0.4, 0.5) is 0 Å². The highest BCUT2D eigenvalue weighted by Crippen LogP contribution is 2.48. The van der Waals surface area contributed by atoms with Crippen LogP contribution in [0.5, 0.6) is 5.75 Å². The average molecular weight is 581 g/mol. The summed E-state index contributed by atoms with van der Waals surface area (Å²) in [5.74, 6) is 0.184. The number of ether oxygens (including phenoxy) is 5. The third-order valence-corrected chi connectivity index (χ3v) is 8.13. The molecule has 2 aliphatic carbocycles. The van der Waals surface area contributed by atoms with E-state index in [9.17, 15) is 19.8 Å². The van der Waals surface area contributed by atoms with Crippen molar-refractivity contribution >= 4 is 11.9 Å². The molecule has 3 N–H and O–H groups in total. The van der Waals surface area contributed by atoms with Crippen molar-refractivity contribution < 1.29 is 48.6 Å². The maximum absolute atomic E-state index is 12.2. The van der Waals surface area contributed by atoms with Crippen molar-refractivity contribution in [2.24, 2.45) is 17.8 Å². The van der Waals surface area contributed by atoms with Gasteiger partial charge in [-0.1, -0.05) is 38.3 Å². The van der Waals surface area contributed by atoms with Gasteiger partial charge in [0, 0.05) is 0 Å². The quantitative estimate of drug-likeness (QED) is 0.147.